The molecule has 0 bridgehead atoms. The van der Waals surface area contributed by atoms with Crippen molar-refractivity contribution in [1.82, 2.24) is 0 Å². The van der Waals surface area contributed by atoms with Gasteiger partial charge in [-0.2, -0.15) is 4.36 Å². The maximum Gasteiger partial charge on any atom is 0.135 e. The molecule has 0 spiro atoms. The van der Waals surface area contributed by atoms with Crippen molar-refractivity contribution in [1.29, 1.82) is 0 Å². The second-order valence-electron chi connectivity index (χ2n) is 6.12. The Kier molecular flexibility index (Phi) is 3.55. The van der Waals surface area contributed by atoms with Crippen LogP contribution in [0.25, 0.3) is 21.6 Å². The van der Waals surface area contributed by atoms with Crippen LogP contribution >= 0.6 is 11.3 Å². The molecule has 4 heteroatoms. The second-order valence-corrected chi connectivity index (χ2v) is 9.30. The van der Waals surface area contributed by atoms with Crippen molar-refractivity contribution >= 4 is 26.1 Å². The smallest absolute Gasteiger partial charge is 0.135 e. The van der Waals surface area contributed by atoms with Crippen LogP contribution in [-0.2, 0) is 9.73 Å². The minimum Gasteiger partial charge on any atom is -0.239 e. The molecule has 26 heavy (non-hydrogen) atoms. The number of hydrogen-bond acceptors (Lipinski definition) is 3. The Morgan fingerprint density at radius 1 is 0.731 bits per heavy atom. The van der Waals surface area contributed by atoms with Crippen LogP contribution in [0.5, 0.6) is 0 Å². The van der Waals surface area contributed by atoms with Gasteiger partial charge in [-0.3, -0.25) is 0 Å². The molecule has 126 valence electrons. The van der Waals surface area contributed by atoms with Gasteiger partial charge in [0, 0.05) is 16.0 Å². The number of fused-ring (bicyclic) bond motifs is 3. The monoisotopic (exact) mass is 373 g/mol. The van der Waals surface area contributed by atoms with Crippen LogP contribution in [0.4, 0.5) is 5.00 Å². The largest absolute Gasteiger partial charge is 0.239 e. The number of hydrogen-bond donors (Lipinski definition) is 0. The molecule has 5 rings (SSSR count). The SMILES string of the molecule is O=S1(c2ccccc2)=Nc2sc(-c3ccccc3)cc2-c2ccccc21. The lowest BCUT2D eigenvalue weighted by Crippen LogP contribution is -2.06. The predicted octanol–water partition coefficient (Wildman–Crippen LogP) is 6.61. The molecule has 0 amide bonds. The normalized spacial score (nSPS) is 17.8. The van der Waals surface area contributed by atoms with Gasteiger partial charge in [0.2, 0.25) is 0 Å². The molecule has 0 N–H and O–H groups in total. The molecule has 3 aromatic carbocycles. The first kappa shape index (κ1) is 15.6. The van der Waals surface area contributed by atoms with Gasteiger partial charge in [0.1, 0.15) is 14.7 Å². The third-order valence-corrected chi connectivity index (χ3v) is 8.02. The molecule has 1 aliphatic rings. The second kappa shape index (κ2) is 5.94. The summed E-state index contributed by atoms with van der Waals surface area (Å²) in [6.07, 6.45) is 0. The fourth-order valence-electron chi connectivity index (χ4n) is 3.27. The quantitative estimate of drug-likeness (QED) is 0.342. The first-order valence-electron chi connectivity index (χ1n) is 8.37. The highest BCUT2D eigenvalue weighted by atomic mass is 32.2. The van der Waals surface area contributed by atoms with Crippen molar-refractivity contribution < 1.29 is 4.21 Å². The maximum absolute atomic E-state index is 14.0. The predicted molar refractivity (Wildman–Crippen MR) is 108 cm³/mol. The Bertz CT molecular complexity index is 1220. The van der Waals surface area contributed by atoms with Gasteiger partial charge in [0.05, 0.1) is 9.79 Å². The van der Waals surface area contributed by atoms with Crippen molar-refractivity contribution in [2.75, 3.05) is 0 Å². The molecule has 0 saturated carbocycles. The molecule has 1 aromatic heterocycles. The first-order valence-corrected chi connectivity index (χ1v) is 10.7. The van der Waals surface area contributed by atoms with E-state index in [0.717, 1.165) is 36.4 Å². The van der Waals surface area contributed by atoms with Gasteiger partial charge in [-0.05, 0) is 29.8 Å². The molecular formula is C22H15NOS2. The molecule has 0 saturated heterocycles. The van der Waals surface area contributed by atoms with E-state index in [1.54, 1.807) is 11.3 Å². The summed E-state index contributed by atoms with van der Waals surface area (Å²) in [6, 6.07) is 29.9. The number of rotatable bonds is 2. The minimum absolute atomic E-state index is 0.757. The van der Waals surface area contributed by atoms with E-state index >= 15 is 0 Å². The standard InChI is InChI=1S/C22H15NOS2/c24-26(17-11-5-2-6-12-17)21-14-8-7-13-18(21)19-15-20(25-22(19)23-26)16-9-3-1-4-10-16/h1-15H. The summed E-state index contributed by atoms with van der Waals surface area (Å²) in [4.78, 5) is 2.70. The first-order chi connectivity index (χ1) is 12.8. The van der Waals surface area contributed by atoms with E-state index in [2.05, 4.69) is 18.2 Å². The molecule has 1 unspecified atom stereocenters. The lowest BCUT2D eigenvalue weighted by molar-refractivity contribution is 0.676. The van der Waals surface area contributed by atoms with Gasteiger partial charge in [0.15, 0.2) is 0 Å². The van der Waals surface area contributed by atoms with Crippen LogP contribution in [0.15, 0.2) is 105 Å². The van der Waals surface area contributed by atoms with Crippen molar-refractivity contribution in [3.8, 4) is 21.6 Å². The average molecular weight is 374 g/mol. The Morgan fingerprint density at radius 3 is 2.15 bits per heavy atom. The lowest BCUT2D eigenvalue weighted by Gasteiger charge is -2.19. The van der Waals surface area contributed by atoms with Crippen molar-refractivity contribution in [2.24, 2.45) is 4.36 Å². The van der Waals surface area contributed by atoms with E-state index in [1.807, 2.05) is 72.8 Å². The van der Waals surface area contributed by atoms with E-state index in [4.69, 9.17) is 4.36 Å². The summed E-state index contributed by atoms with van der Waals surface area (Å²) < 4.78 is 18.8. The third-order valence-electron chi connectivity index (χ3n) is 4.52. The number of thiophene rings is 1. The fraction of sp³-hybridized carbons (Fsp3) is 0. The molecule has 0 radical (unpaired) electrons. The van der Waals surface area contributed by atoms with E-state index < -0.39 is 9.73 Å². The zero-order chi connectivity index (χ0) is 17.6. The average Bonchev–Trinajstić information content (AvgIpc) is 3.13. The van der Waals surface area contributed by atoms with Crippen molar-refractivity contribution in [3.05, 3.63) is 91.0 Å². The van der Waals surface area contributed by atoms with Crippen LogP contribution < -0.4 is 0 Å². The maximum atomic E-state index is 14.0. The van der Waals surface area contributed by atoms with E-state index in [-0.39, 0.29) is 0 Å². The lowest BCUT2D eigenvalue weighted by atomic mass is 10.1. The van der Waals surface area contributed by atoms with E-state index in [9.17, 15) is 4.21 Å². The fourth-order valence-corrected chi connectivity index (χ4v) is 6.70. The third kappa shape index (κ3) is 2.34. The summed E-state index contributed by atoms with van der Waals surface area (Å²) in [5.41, 5.74) is 3.25. The highest BCUT2D eigenvalue weighted by molar-refractivity contribution is 7.94. The Hall–Kier alpha value is -2.69. The van der Waals surface area contributed by atoms with Gasteiger partial charge < -0.3 is 0 Å². The van der Waals surface area contributed by atoms with Gasteiger partial charge in [0.25, 0.3) is 0 Å². The number of benzene rings is 3. The van der Waals surface area contributed by atoms with Gasteiger partial charge in [-0.1, -0.05) is 66.7 Å². The van der Waals surface area contributed by atoms with Crippen LogP contribution in [0, 0.1) is 0 Å². The number of nitrogens with zero attached hydrogens (tertiary/aromatic N) is 1. The molecule has 4 aromatic rings. The molecule has 0 aliphatic carbocycles. The van der Waals surface area contributed by atoms with Crippen LogP contribution in [0.2, 0.25) is 0 Å². The summed E-state index contributed by atoms with van der Waals surface area (Å²) >= 11 is 1.60. The van der Waals surface area contributed by atoms with E-state index in [1.165, 1.54) is 0 Å². The Labute approximate surface area is 157 Å². The molecule has 2 nitrogen and oxygen atoms in total. The summed E-state index contributed by atoms with van der Waals surface area (Å²) in [7, 11) is -2.68. The highest BCUT2D eigenvalue weighted by Crippen LogP contribution is 2.50. The zero-order valence-electron chi connectivity index (χ0n) is 13.8. The minimum atomic E-state index is -2.68. The summed E-state index contributed by atoms with van der Waals surface area (Å²) in [6.45, 7) is 0. The van der Waals surface area contributed by atoms with Gasteiger partial charge in [-0.25, -0.2) is 4.21 Å². The van der Waals surface area contributed by atoms with Crippen molar-refractivity contribution in [2.45, 2.75) is 9.79 Å². The van der Waals surface area contributed by atoms with Crippen LogP contribution in [0.3, 0.4) is 0 Å². The molecule has 1 aliphatic heterocycles. The van der Waals surface area contributed by atoms with Crippen molar-refractivity contribution in [3.63, 3.8) is 0 Å². The molecule has 1 atom stereocenters. The highest BCUT2D eigenvalue weighted by Gasteiger charge is 2.28. The molecular weight excluding hydrogens is 358 g/mol. The van der Waals surface area contributed by atoms with Gasteiger partial charge >= 0.3 is 0 Å². The topological polar surface area (TPSA) is 29.4 Å². The van der Waals surface area contributed by atoms with Crippen LogP contribution in [-0.4, -0.2) is 4.21 Å². The molecule has 0 fully saturated rings. The molecule has 2 heterocycles. The van der Waals surface area contributed by atoms with Crippen LogP contribution in [0.1, 0.15) is 0 Å². The van der Waals surface area contributed by atoms with E-state index in [0.29, 0.717) is 0 Å². The van der Waals surface area contributed by atoms with Gasteiger partial charge in [-0.15, -0.1) is 11.3 Å². The Morgan fingerprint density at radius 2 is 1.38 bits per heavy atom. The summed E-state index contributed by atoms with van der Waals surface area (Å²) in [5, 5.41) is 0.844. The summed E-state index contributed by atoms with van der Waals surface area (Å²) in [5.74, 6) is 0. The zero-order valence-corrected chi connectivity index (χ0v) is 15.5. The Balaban J connectivity index is 1.81.